The Hall–Kier alpha value is -1.51. The van der Waals surface area contributed by atoms with E-state index in [9.17, 15) is 25.2 Å². The summed E-state index contributed by atoms with van der Waals surface area (Å²) in [5.74, 6) is 0. The quantitative estimate of drug-likeness (QED) is 0.318. The van der Waals surface area contributed by atoms with Gasteiger partial charge in [-0.1, -0.05) is 0 Å². The van der Waals surface area contributed by atoms with Gasteiger partial charge in [-0.2, -0.15) is 21.0 Å². The molecule has 0 spiro atoms. The van der Waals surface area contributed by atoms with Crippen LogP contribution in [-0.2, 0) is 17.1 Å². The van der Waals surface area contributed by atoms with Crippen molar-refractivity contribution in [1.29, 1.82) is 21.0 Å². The van der Waals surface area contributed by atoms with Crippen LogP contribution in [-0.4, -0.2) is 0 Å². The van der Waals surface area contributed by atoms with E-state index in [4.69, 9.17) is 21.0 Å². The van der Waals surface area contributed by atoms with Crippen molar-refractivity contribution in [3.63, 3.8) is 0 Å². The molecular formula is C8H12CuF6N4P. The van der Waals surface area contributed by atoms with Gasteiger partial charge in [-0.25, -0.2) is 0 Å². The minimum atomic E-state index is -10.7. The van der Waals surface area contributed by atoms with Crippen LogP contribution in [0.15, 0.2) is 0 Å². The first-order valence-electron chi connectivity index (χ1n) is 3.91. The second-order valence-corrected chi connectivity index (χ2v) is 3.77. The summed E-state index contributed by atoms with van der Waals surface area (Å²) in [7, 11) is -10.7. The van der Waals surface area contributed by atoms with E-state index < -0.39 is 7.81 Å². The molecule has 0 aliphatic rings. The largest absolute Gasteiger partial charge is 1.00 e. The van der Waals surface area contributed by atoms with Crippen molar-refractivity contribution in [2.24, 2.45) is 0 Å². The molecule has 0 bridgehead atoms. The van der Waals surface area contributed by atoms with Gasteiger partial charge in [0, 0.05) is 27.7 Å². The minimum Gasteiger partial charge on any atom is 1.00 e. The van der Waals surface area contributed by atoms with E-state index in [1.54, 1.807) is 24.3 Å². The van der Waals surface area contributed by atoms with Crippen molar-refractivity contribution in [3.05, 3.63) is 0 Å². The zero-order valence-electron chi connectivity index (χ0n) is 10.8. The maximum Gasteiger partial charge on any atom is 1.00 e. The van der Waals surface area contributed by atoms with Gasteiger partial charge in [0.1, 0.15) is 0 Å². The van der Waals surface area contributed by atoms with Crippen molar-refractivity contribution in [1.82, 2.24) is 0 Å². The molecule has 4 nitrogen and oxygen atoms in total. The van der Waals surface area contributed by atoms with Gasteiger partial charge in [0.15, 0.2) is 0 Å². The molecular weight excluding hydrogens is 361 g/mol. The summed E-state index contributed by atoms with van der Waals surface area (Å²) in [5, 5.41) is 29.3. The van der Waals surface area contributed by atoms with Crippen molar-refractivity contribution in [2.45, 2.75) is 27.7 Å². The molecule has 0 radical (unpaired) electrons. The fraction of sp³-hybridized carbons (Fsp3) is 0.500. The zero-order valence-corrected chi connectivity index (χ0v) is 12.6. The first-order valence-corrected chi connectivity index (χ1v) is 5.94. The Bertz CT molecular complexity index is 307. The van der Waals surface area contributed by atoms with Crippen LogP contribution in [0, 0.1) is 45.3 Å². The zero-order chi connectivity index (χ0) is 17.2. The van der Waals surface area contributed by atoms with Crippen molar-refractivity contribution >= 4 is 7.81 Å². The Balaban J connectivity index is -0.0000000326. The van der Waals surface area contributed by atoms with E-state index in [2.05, 4.69) is 0 Å². The van der Waals surface area contributed by atoms with Crippen LogP contribution >= 0.6 is 7.81 Å². The van der Waals surface area contributed by atoms with Crippen LogP contribution in [0.2, 0.25) is 0 Å². The molecule has 0 saturated carbocycles. The maximum absolute atomic E-state index is 10.7. The number of hydrogen-bond donors (Lipinski definition) is 0. The molecule has 0 unspecified atom stereocenters. The van der Waals surface area contributed by atoms with E-state index in [0.29, 0.717) is 0 Å². The molecule has 20 heavy (non-hydrogen) atoms. The smallest absolute Gasteiger partial charge is 1.00 e. The SMILES string of the molecule is CC#N.CC#N.CC#N.CC#N.F[P-](F)(F)(F)(F)F.[Cu+]. The van der Waals surface area contributed by atoms with Gasteiger partial charge in [-0.05, 0) is 0 Å². The summed E-state index contributed by atoms with van der Waals surface area (Å²) < 4.78 is 59.2. The molecule has 122 valence electrons. The second kappa shape index (κ2) is 15.5. The van der Waals surface area contributed by atoms with Crippen molar-refractivity contribution in [3.8, 4) is 24.3 Å². The van der Waals surface area contributed by atoms with Gasteiger partial charge in [0.2, 0.25) is 0 Å². The molecule has 0 aliphatic heterocycles. The Kier molecular flexibility index (Phi) is 28.2. The average Bonchev–Trinajstić information content (AvgIpc) is 2.01. The monoisotopic (exact) mass is 372 g/mol. The first kappa shape index (κ1) is 36.3. The normalized spacial score (nSPS) is 9.70. The maximum atomic E-state index is 9.87. The predicted octanol–water partition coefficient (Wildman–Crippen LogP) is 5.50. The summed E-state index contributed by atoms with van der Waals surface area (Å²) in [6.07, 6.45) is 0. The Morgan fingerprint density at radius 3 is 0.550 bits per heavy atom. The molecule has 0 heterocycles. The molecule has 0 fully saturated rings. The molecule has 0 saturated heterocycles. The van der Waals surface area contributed by atoms with Crippen LogP contribution in [0.3, 0.4) is 0 Å². The summed E-state index contributed by atoms with van der Waals surface area (Å²) in [5.41, 5.74) is 0. The van der Waals surface area contributed by atoms with E-state index in [1.807, 2.05) is 0 Å². The summed E-state index contributed by atoms with van der Waals surface area (Å²) >= 11 is 0. The standard InChI is InChI=1S/4C2H3N.Cu.F6P/c4*1-2-3;;1-7(2,3,4,5)6/h4*1H3;;/q;;;;+1;-1. The topological polar surface area (TPSA) is 95.2 Å². The summed E-state index contributed by atoms with van der Waals surface area (Å²) in [6, 6.07) is 7.00. The van der Waals surface area contributed by atoms with Gasteiger partial charge in [0.05, 0.1) is 24.3 Å². The van der Waals surface area contributed by atoms with Gasteiger partial charge in [0.25, 0.3) is 0 Å². The molecule has 0 rings (SSSR count). The third-order valence-electron chi connectivity index (χ3n) is 0. The van der Waals surface area contributed by atoms with Gasteiger partial charge in [-0.3, -0.25) is 0 Å². The molecule has 0 amide bonds. The van der Waals surface area contributed by atoms with Crippen molar-refractivity contribution in [2.75, 3.05) is 0 Å². The predicted molar refractivity (Wildman–Crippen MR) is 58.7 cm³/mol. The van der Waals surface area contributed by atoms with Crippen LogP contribution < -0.4 is 0 Å². The number of rotatable bonds is 0. The van der Waals surface area contributed by atoms with Crippen molar-refractivity contribution < 1.29 is 42.3 Å². The third-order valence-corrected chi connectivity index (χ3v) is 0. The van der Waals surface area contributed by atoms with Gasteiger partial charge in [-0.15, -0.1) is 0 Å². The number of nitriles is 4. The summed E-state index contributed by atoms with van der Waals surface area (Å²) in [4.78, 5) is 0. The molecule has 0 aromatic carbocycles. The second-order valence-electron chi connectivity index (χ2n) is 1.85. The molecule has 0 aromatic rings. The summed E-state index contributed by atoms with van der Waals surface area (Å²) in [6.45, 7) is 5.72. The first-order chi connectivity index (χ1) is 8.11. The molecule has 0 N–H and O–H groups in total. The van der Waals surface area contributed by atoms with Gasteiger partial charge >= 0.3 is 50.1 Å². The van der Waals surface area contributed by atoms with Crippen LogP contribution in [0.5, 0.6) is 0 Å². The fourth-order valence-electron chi connectivity index (χ4n) is 0. The van der Waals surface area contributed by atoms with Crippen LogP contribution in [0.1, 0.15) is 27.7 Å². The Labute approximate surface area is 123 Å². The molecule has 0 aromatic heterocycles. The molecule has 0 aliphatic carbocycles. The minimum absolute atomic E-state index is 0. The van der Waals surface area contributed by atoms with E-state index in [0.717, 1.165) is 0 Å². The van der Waals surface area contributed by atoms with E-state index in [1.165, 1.54) is 27.7 Å². The van der Waals surface area contributed by atoms with E-state index in [-0.39, 0.29) is 17.1 Å². The average molecular weight is 373 g/mol. The van der Waals surface area contributed by atoms with Crippen LogP contribution in [0.25, 0.3) is 0 Å². The molecule has 12 heteroatoms. The van der Waals surface area contributed by atoms with Crippen LogP contribution in [0.4, 0.5) is 25.2 Å². The fourth-order valence-corrected chi connectivity index (χ4v) is 0. The van der Waals surface area contributed by atoms with E-state index >= 15 is 0 Å². The Morgan fingerprint density at radius 1 is 0.550 bits per heavy atom. The number of hydrogen-bond acceptors (Lipinski definition) is 4. The number of halogens is 6. The Morgan fingerprint density at radius 2 is 0.550 bits per heavy atom. The number of nitrogens with zero attached hydrogens (tertiary/aromatic N) is 4. The molecule has 0 atom stereocenters. The third kappa shape index (κ3) is 1730. The van der Waals surface area contributed by atoms with Gasteiger partial charge < -0.3 is 0 Å².